The normalized spacial score (nSPS) is 12.1. The van der Waals surface area contributed by atoms with E-state index in [1.807, 2.05) is 12.1 Å². The number of benzene rings is 1. The second kappa shape index (κ2) is 5.17. The van der Waals surface area contributed by atoms with Crippen LogP contribution in [0.4, 0.5) is 0 Å². The molecular weight excluding hydrogens is 320 g/mol. The minimum atomic E-state index is -3.59. The first-order chi connectivity index (χ1) is 9.54. The molecule has 0 amide bonds. The minimum Gasteiger partial charge on any atom is -0.439 e. The molecule has 1 aromatic carbocycles. The van der Waals surface area contributed by atoms with E-state index in [-0.39, 0.29) is 10.8 Å². The number of nitrogens with one attached hydrogen (secondary N) is 1. The maximum absolute atomic E-state index is 12.0. The summed E-state index contributed by atoms with van der Waals surface area (Å²) in [4.78, 5) is 4.20. The maximum Gasteiger partial charge on any atom is 0.250 e. The molecule has 0 saturated heterocycles. The summed E-state index contributed by atoms with van der Waals surface area (Å²) in [5, 5.41) is 0. The number of rotatable bonds is 4. The van der Waals surface area contributed by atoms with Crippen LogP contribution in [0.25, 0.3) is 11.1 Å². The van der Waals surface area contributed by atoms with Gasteiger partial charge >= 0.3 is 0 Å². The van der Waals surface area contributed by atoms with E-state index in [2.05, 4.69) is 9.71 Å². The average molecular weight is 329 g/mol. The molecule has 0 aliphatic rings. The van der Waals surface area contributed by atoms with Crippen molar-refractivity contribution < 1.29 is 12.8 Å². The van der Waals surface area contributed by atoms with Crippen molar-refractivity contribution in [2.24, 2.45) is 0 Å². The highest BCUT2D eigenvalue weighted by Crippen LogP contribution is 2.25. The number of hydrogen-bond donors (Lipinski definition) is 1. The molecule has 0 unspecified atom stereocenters. The summed E-state index contributed by atoms with van der Waals surface area (Å²) in [5.41, 5.74) is 1.32. The molecule has 0 atom stereocenters. The molecule has 0 fully saturated rings. The number of hydrogen-bond acceptors (Lipinski definition) is 5. The summed E-state index contributed by atoms with van der Waals surface area (Å²) >= 11 is 6.73. The molecule has 0 radical (unpaired) electrons. The third-order valence-electron chi connectivity index (χ3n) is 2.56. The van der Waals surface area contributed by atoms with E-state index in [0.29, 0.717) is 21.3 Å². The van der Waals surface area contributed by atoms with Gasteiger partial charge in [-0.1, -0.05) is 23.7 Å². The van der Waals surface area contributed by atoms with Crippen molar-refractivity contribution in [3.05, 3.63) is 46.6 Å². The molecule has 20 heavy (non-hydrogen) atoms. The molecule has 1 N–H and O–H groups in total. The van der Waals surface area contributed by atoms with E-state index >= 15 is 0 Å². The molecule has 0 aliphatic carbocycles. The number of thiophene rings is 1. The standard InChI is InChI=1S/C12H9ClN2O3S2/c13-10-5-6-12(19-10)20(16,17)14-7-11-15-8-3-1-2-4-9(8)18-11/h1-6,14H,7H2. The first-order valence-corrected chi connectivity index (χ1v) is 8.32. The molecule has 5 nitrogen and oxygen atoms in total. The summed E-state index contributed by atoms with van der Waals surface area (Å²) in [6.07, 6.45) is 0. The van der Waals surface area contributed by atoms with Crippen LogP contribution in [0.3, 0.4) is 0 Å². The Morgan fingerprint density at radius 1 is 1.25 bits per heavy atom. The molecule has 3 aromatic rings. The lowest BCUT2D eigenvalue weighted by atomic mass is 10.3. The third kappa shape index (κ3) is 2.71. The van der Waals surface area contributed by atoms with Crippen LogP contribution in [0.5, 0.6) is 0 Å². The number of nitrogens with zero attached hydrogens (tertiary/aromatic N) is 1. The average Bonchev–Trinajstić information content (AvgIpc) is 3.02. The fourth-order valence-electron chi connectivity index (χ4n) is 1.67. The van der Waals surface area contributed by atoms with Crippen LogP contribution < -0.4 is 4.72 Å². The molecule has 0 spiro atoms. The molecule has 2 aromatic heterocycles. The molecule has 104 valence electrons. The van der Waals surface area contributed by atoms with E-state index in [0.717, 1.165) is 11.3 Å². The van der Waals surface area contributed by atoms with Crippen LogP contribution in [0.2, 0.25) is 4.34 Å². The fourth-order valence-corrected chi connectivity index (χ4v) is 4.17. The molecule has 2 heterocycles. The Balaban J connectivity index is 1.79. The number of sulfonamides is 1. The smallest absolute Gasteiger partial charge is 0.250 e. The van der Waals surface area contributed by atoms with E-state index in [1.54, 1.807) is 18.2 Å². The topological polar surface area (TPSA) is 72.2 Å². The van der Waals surface area contributed by atoms with Crippen LogP contribution in [0.1, 0.15) is 5.89 Å². The molecule has 0 bridgehead atoms. The van der Waals surface area contributed by atoms with E-state index in [4.69, 9.17) is 16.0 Å². The van der Waals surface area contributed by atoms with Gasteiger partial charge in [-0.2, -0.15) is 0 Å². The Kier molecular flexibility index (Phi) is 3.51. The van der Waals surface area contributed by atoms with Crippen LogP contribution in [0, 0.1) is 0 Å². The van der Waals surface area contributed by atoms with Gasteiger partial charge in [0.25, 0.3) is 10.0 Å². The summed E-state index contributed by atoms with van der Waals surface area (Å²) < 4.78 is 32.5. The van der Waals surface area contributed by atoms with Gasteiger partial charge in [-0.3, -0.25) is 0 Å². The monoisotopic (exact) mass is 328 g/mol. The quantitative estimate of drug-likeness (QED) is 0.799. The largest absolute Gasteiger partial charge is 0.439 e. The van der Waals surface area contributed by atoms with Gasteiger partial charge in [-0.05, 0) is 24.3 Å². The van der Waals surface area contributed by atoms with Crippen molar-refractivity contribution in [2.75, 3.05) is 0 Å². The number of halogens is 1. The summed E-state index contributed by atoms with van der Waals surface area (Å²) in [6, 6.07) is 10.2. The first kappa shape index (κ1) is 13.6. The van der Waals surface area contributed by atoms with Gasteiger partial charge < -0.3 is 4.42 Å². The Morgan fingerprint density at radius 3 is 2.75 bits per heavy atom. The summed E-state index contributed by atoms with van der Waals surface area (Å²) in [5.74, 6) is 0.317. The van der Waals surface area contributed by atoms with Gasteiger partial charge in [0.05, 0.1) is 10.9 Å². The number of fused-ring (bicyclic) bond motifs is 1. The van der Waals surface area contributed by atoms with Crippen LogP contribution in [-0.2, 0) is 16.6 Å². The van der Waals surface area contributed by atoms with Crippen molar-refractivity contribution in [2.45, 2.75) is 10.8 Å². The lowest BCUT2D eigenvalue weighted by Gasteiger charge is -2.01. The van der Waals surface area contributed by atoms with Gasteiger partial charge in [0.2, 0.25) is 5.89 Å². The van der Waals surface area contributed by atoms with E-state index in [1.165, 1.54) is 6.07 Å². The zero-order valence-corrected chi connectivity index (χ0v) is 12.4. The van der Waals surface area contributed by atoms with Gasteiger partial charge in [0, 0.05) is 0 Å². The third-order valence-corrected chi connectivity index (χ3v) is 5.69. The number of para-hydroxylation sites is 2. The second-order valence-electron chi connectivity index (χ2n) is 3.96. The van der Waals surface area contributed by atoms with Crippen LogP contribution in [-0.4, -0.2) is 13.4 Å². The Hall–Kier alpha value is -1.41. The Labute approximate surface area is 124 Å². The van der Waals surface area contributed by atoms with Gasteiger partial charge in [-0.15, -0.1) is 11.3 Å². The Morgan fingerprint density at radius 2 is 2.05 bits per heavy atom. The maximum atomic E-state index is 12.0. The lowest BCUT2D eigenvalue weighted by molar-refractivity contribution is 0.514. The SMILES string of the molecule is O=S(=O)(NCc1nc2ccccc2o1)c1ccc(Cl)s1. The van der Waals surface area contributed by atoms with Crippen LogP contribution in [0.15, 0.2) is 45.0 Å². The predicted molar refractivity (Wildman–Crippen MR) is 77.4 cm³/mol. The molecule has 0 saturated carbocycles. The van der Waals surface area contributed by atoms with Crippen molar-refractivity contribution in [3.8, 4) is 0 Å². The van der Waals surface area contributed by atoms with Crippen LogP contribution >= 0.6 is 22.9 Å². The van der Waals surface area contributed by atoms with Gasteiger partial charge in [0.15, 0.2) is 5.58 Å². The summed E-state index contributed by atoms with van der Waals surface area (Å²) in [7, 11) is -3.59. The fraction of sp³-hybridized carbons (Fsp3) is 0.0833. The van der Waals surface area contributed by atoms with Crippen molar-refractivity contribution >= 4 is 44.1 Å². The van der Waals surface area contributed by atoms with Crippen molar-refractivity contribution in [1.82, 2.24) is 9.71 Å². The second-order valence-corrected chi connectivity index (χ2v) is 7.67. The molecule has 8 heteroatoms. The highest BCUT2D eigenvalue weighted by Gasteiger charge is 2.17. The highest BCUT2D eigenvalue weighted by atomic mass is 35.5. The number of oxazole rings is 1. The zero-order valence-electron chi connectivity index (χ0n) is 10.0. The van der Waals surface area contributed by atoms with Gasteiger partial charge in [0.1, 0.15) is 9.73 Å². The molecule has 0 aliphatic heterocycles. The lowest BCUT2D eigenvalue weighted by Crippen LogP contribution is -2.22. The predicted octanol–water partition coefficient (Wildman–Crippen LogP) is 3.02. The Bertz CT molecular complexity index is 821. The minimum absolute atomic E-state index is 0.00741. The summed E-state index contributed by atoms with van der Waals surface area (Å²) in [6.45, 7) is -0.00741. The van der Waals surface area contributed by atoms with Gasteiger partial charge in [-0.25, -0.2) is 18.1 Å². The van der Waals surface area contributed by atoms with Crippen molar-refractivity contribution in [1.29, 1.82) is 0 Å². The highest BCUT2D eigenvalue weighted by molar-refractivity contribution is 7.91. The first-order valence-electron chi connectivity index (χ1n) is 5.64. The molecular formula is C12H9ClN2O3S2. The molecule has 3 rings (SSSR count). The number of aromatic nitrogens is 1. The van der Waals surface area contributed by atoms with E-state index < -0.39 is 10.0 Å². The zero-order chi connectivity index (χ0) is 14.2. The van der Waals surface area contributed by atoms with E-state index in [9.17, 15) is 8.42 Å². The van der Waals surface area contributed by atoms with Crippen molar-refractivity contribution in [3.63, 3.8) is 0 Å².